The number of carbonyl (C=O) groups excluding carboxylic acids is 1. The lowest BCUT2D eigenvalue weighted by Crippen LogP contribution is -2.56. The minimum absolute atomic E-state index is 0.00383. The van der Waals surface area contributed by atoms with E-state index in [2.05, 4.69) is 33.9 Å². The van der Waals surface area contributed by atoms with Crippen molar-refractivity contribution in [1.82, 2.24) is 0 Å². The molecule has 29 heavy (non-hydrogen) atoms. The standard InChI is InChI=1S/C22H42O6Si/c1-14-16(28-29(9,10)20(5,6)7)11-12-21(8,24)17-13-15(22(14,25)26-17)18(23)27-19(2,3)4/h14-17,24-25H,11-13H2,1-10H3/t14?,15-,16+,17?,21-,22+/m1/s1. The zero-order valence-corrected chi connectivity index (χ0v) is 21.0. The third-order valence-electron chi connectivity index (χ3n) is 7.06. The second-order valence-electron chi connectivity index (χ2n) is 11.8. The largest absolute Gasteiger partial charge is 0.460 e. The van der Waals surface area contributed by atoms with Crippen LogP contribution in [0.2, 0.25) is 18.1 Å². The van der Waals surface area contributed by atoms with Crippen LogP contribution in [0.15, 0.2) is 0 Å². The fourth-order valence-electron chi connectivity index (χ4n) is 4.01. The van der Waals surface area contributed by atoms with E-state index in [1.54, 1.807) is 27.7 Å². The van der Waals surface area contributed by atoms with E-state index >= 15 is 0 Å². The van der Waals surface area contributed by atoms with Gasteiger partial charge in [-0.25, -0.2) is 0 Å². The summed E-state index contributed by atoms with van der Waals surface area (Å²) in [4.78, 5) is 13.0. The number of hydrogen-bond acceptors (Lipinski definition) is 6. The van der Waals surface area contributed by atoms with Crippen LogP contribution in [-0.2, 0) is 18.7 Å². The van der Waals surface area contributed by atoms with Crippen LogP contribution in [0.5, 0.6) is 0 Å². The Hall–Kier alpha value is -0.473. The number of fused-ring (bicyclic) bond motifs is 2. The number of carbonyl (C=O) groups is 1. The average molecular weight is 431 g/mol. The Labute approximate surface area is 177 Å². The summed E-state index contributed by atoms with van der Waals surface area (Å²) in [6.45, 7) is 19.9. The minimum atomic E-state index is -2.13. The maximum absolute atomic E-state index is 13.0. The van der Waals surface area contributed by atoms with Crippen LogP contribution in [0, 0.1) is 11.8 Å². The average Bonchev–Trinajstić information content (AvgIpc) is 2.88. The topological polar surface area (TPSA) is 85.2 Å². The van der Waals surface area contributed by atoms with E-state index in [9.17, 15) is 15.0 Å². The van der Waals surface area contributed by atoms with Crippen LogP contribution in [0.1, 0.15) is 74.7 Å². The zero-order valence-electron chi connectivity index (χ0n) is 20.0. The van der Waals surface area contributed by atoms with E-state index in [4.69, 9.17) is 13.9 Å². The van der Waals surface area contributed by atoms with Crippen molar-refractivity contribution in [2.24, 2.45) is 11.8 Å². The molecule has 2 unspecified atom stereocenters. The summed E-state index contributed by atoms with van der Waals surface area (Å²) in [5, 5.41) is 22.7. The molecule has 0 amide bonds. The maximum Gasteiger partial charge on any atom is 0.315 e. The molecule has 2 heterocycles. The first-order valence-corrected chi connectivity index (χ1v) is 13.7. The Balaban J connectivity index is 2.40. The highest BCUT2D eigenvalue weighted by molar-refractivity contribution is 6.74. The molecule has 170 valence electrons. The quantitative estimate of drug-likeness (QED) is 0.520. The predicted molar refractivity (Wildman–Crippen MR) is 115 cm³/mol. The summed E-state index contributed by atoms with van der Waals surface area (Å²) in [7, 11) is -2.13. The van der Waals surface area contributed by atoms with Gasteiger partial charge >= 0.3 is 5.97 Å². The van der Waals surface area contributed by atoms with Gasteiger partial charge < -0.3 is 24.1 Å². The smallest absolute Gasteiger partial charge is 0.315 e. The number of esters is 1. The SMILES string of the molecule is CC1[C@@H](O[Si](C)(C)C(C)(C)C)CC[C@@](C)(O)C2C[C@H](C(=O)OC(C)(C)C)[C@@]1(O)O2. The van der Waals surface area contributed by atoms with Crippen LogP contribution < -0.4 is 0 Å². The molecule has 0 spiro atoms. The molecule has 0 aromatic rings. The third-order valence-corrected chi connectivity index (χ3v) is 11.6. The van der Waals surface area contributed by atoms with Crippen LogP contribution in [0.25, 0.3) is 0 Å². The second kappa shape index (κ2) is 7.59. The summed E-state index contributed by atoms with van der Waals surface area (Å²) in [6, 6.07) is 0. The van der Waals surface area contributed by atoms with E-state index in [1.807, 2.05) is 6.92 Å². The second-order valence-corrected chi connectivity index (χ2v) is 16.5. The van der Waals surface area contributed by atoms with Crippen molar-refractivity contribution in [3.8, 4) is 0 Å². The summed E-state index contributed by atoms with van der Waals surface area (Å²) >= 11 is 0. The minimum Gasteiger partial charge on any atom is -0.460 e. The van der Waals surface area contributed by atoms with Gasteiger partial charge in [0.2, 0.25) is 0 Å². The molecule has 2 saturated heterocycles. The highest BCUT2D eigenvalue weighted by atomic mass is 28.4. The molecular formula is C22H42O6Si. The fraction of sp³-hybridized carbons (Fsp3) is 0.955. The Morgan fingerprint density at radius 1 is 1.14 bits per heavy atom. The molecule has 2 fully saturated rings. The lowest BCUT2D eigenvalue weighted by atomic mass is 9.83. The number of rotatable bonds is 3. The summed E-state index contributed by atoms with van der Waals surface area (Å²) in [5.41, 5.74) is -1.82. The van der Waals surface area contributed by atoms with Crippen LogP contribution in [0.3, 0.4) is 0 Å². The molecule has 0 radical (unpaired) electrons. The summed E-state index contributed by atoms with van der Waals surface area (Å²) in [6.07, 6.45) is 0.371. The molecule has 6 nitrogen and oxygen atoms in total. The van der Waals surface area contributed by atoms with Gasteiger partial charge in [-0.1, -0.05) is 27.7 Å². The normalized spacial score (nSPS) is 39.0. The summed E-state index contributed by atoms with van der Waals surface area (Å²) < 4.78 is 18.3. The van der Waals surface area contributed by atoms with Gasteiger partial charge in [-0.2, -0.15) is 0 Å². The lowest BCUT2D eigenvalue weighted by Gasteiger charge is -2.47. The highest BCUT2D eigenvalue weighted by Gasteiger charge is 2.62. The van der Waals surface area contributed by atoms with E-state index in [0.29, 0.717) is 12.8 Å². The van der Waals surface area contributed by atoms with Gasteiger partial charge in [0.05, 0.1) is 17.8 Å². The van der Waals surface area contributed by atoms with Gasteiger partial charge in [-0.05, 0) is 65.1 Å². The molecule has 7 heteroatoms. The molecule has 2 N–H and O–H groups in total. The first-order chi connectivity index (χ1) is 12.8. The van der Waals surface area contributed by atoms with Crippen molar-refractivity contribution in [2.45, 2.75) is 122 Å². The van der Waals surface area contributed by atoms with Crippen LogP contribution in [-0.4, -0.2) is 53.7 Å². The number of ether oxygens (including phenoxy) is 2. The predicted octanol–water partition coefficient (Wildman–Crippen LogP) is 3.99. The first-order valence-electron chi connectivity index (χ1n) is 10.8. The van der Waals surface area contributed by atoms with Crippen molar-refractivity contribution in [1.29, 1.82) is 0 Å². The number of hydrogen-bond donors (Lipinski definition) is 2. The van der Waals surface area contributed by atoms with Gasteiger partial charge in [0.15, 0.2) is 14.1 Å². The van der Waals surface area contributed by atoms with Gasteiger partial charge in [0, 0.05) is 5.92 Å². The zero-order chi connectivity index (χ0) is 22.6. The van der Waals surface area contributed by atoms with E-state index in [-0.39, 0.29) is 17.6 Å². The summed E-state index contributed by atoms with van der Waals surface area (Å²) in [5.74, 6) is -3.52. The van der Waals surface area contributed by atoms with E-state index in [0.717, 1.165) is 0 Å². The Morgan fingerprint density at radius 3 is 2.17 bits per heavy atom. The Bertz CT molecular complexity index is 618. The Morgan fingerprint density at radius 2 is 1.69 bits per heavy atom. The molecule has 0 aromatic carbocycles. The molecular weight excluding hydrogens is 388 g/mol. The molecule has 2 aliphatic heterocycles. The monoisotopic (exact) mass is 430 g/mol. The van der Waals surface area contributed by atoms with E-state index < -0.39 is 49.2 Å². The van der Waals surface area contributed by atoms with Crippen molar-refractivity contribution in [2.75, 3.05) is 0 Å². The lowest BCUT2D eigenvalue weighted by molar-refractivity contribution is -0.283. The van der Waals surface area contributed by atoms with Gasteiger partial charge in [-0.15, -0.1) is 0 Å². The van der Waals surface area contributed by atoms with E-state index in [1.165, 1.54) is 0 Å². The molecule has 0 saturated carbocycles. The molecule has 0 aliphatic carbocycles. The molecule has 6 atom stereocenters. The van der Waals surface area contributed by atoms with Crippen LogP contribution >= 0.6 is 0 Å². The molecule has 2 aliphatic rings. The van der Waals surface area contributed by atoms with Crippen molar-refractivity contribution < 1.29 is 28.9 Å². The third kappa shape index (κ3) is 5.06. The Kier molecular flexibility index (Phi) is 6.49. The van der Waals surface area contributed by atoms with Crippen molar-refractivity contribution in [3.63, 3.8) is 0 Å². The fourth-order valence-corrected chi connectivity index (χ4v) is 5.44. The van der Waals surface area contributed by atoms with Crippen molar-refractivity contribution >= 4 is 14.3 Å². The maximum atomic E-state index is 13.0. The van der Waals surface area contributed by atoms with Gasteiger partial charge in [-0.3, -0.25) is 4.79 Å². The highest BCUT2D eigenvalue weighted by Crippen LogP contribution is 2.50. The first kappa shape index (κ1) is 24.8. The molecule has 2 bridgehead atoms. The molecule has 0 aromatic heterocycles. The van der Waals surface area contributed by atoms with Crippen molar-refractivity contribution in [3.05, 3.63) is 0 Å². The number of aliphatic hydroxyl groups is 2. The van der Waals surface area contributed by atoms with Gasteiger partial charge in [0.1, 0.15) is 11.5 Å². The van der Waals surface area contributed by atoms with Crippen LogP contribution in [0.4, 0.5) is 0 Å². The van der Waals surface area contributed by atoms with Gasteiger partial charge in [0.25, 0.3) is 0 Å². The molecule has 2 rings (SSSR count).